The molecule has 35 heavy (non-hydrogen) atoms. The molecule has 2 aliphatic rings. The number of hydrogen-bond acceptors (Lipinski definition) is 5. The Kier molecular flexibility index (Phi) is 8.67. The first-order valence-electron chi connectivity index (χ1n) is 12.6. The van der Waals surface area contributed by atoms with E-state index in [0.29, 0.717) is 10.1 Å². The van der Waals surface area contributed by atoms with Crippen LogP contribution in [0.4, 0.5) is 0 Å². The van der Waals surface area contributed by atoms with Crippen molar-refractivity contribution in [3.05, 3.63) is 56.7 Å². The summed E-state index contributed by atoms with van der Waals surface area (Å²) in [6, 6.07) is 9.74. The quantitative estimate of drug-likeness (QED) is 0.198. The van der Waals surface area contributed by atoms with Crippen LogP contribution in [0.15, 0.2) is 30.6 Å². The van der Waals surface area contributed by atoms with Crippen LogP contribution in [0.3, 0.4) is 0 Å². The number of aromatic nitrogens is 2. The molecular weight excluding hydrogens is 664 g/mol. The van der Waals surface area contributed by atoms with Crippen molar-refractivity contribution in [1.29, 1.82) is 0 Å². The van der Waals surface area contributed by atoms with Crippen molar-refractivity contribution in [3.63, 3.8) is 0 Å². The Balaban J connectivity index is 1.41. The molecule has 1 aromatic heterocycles. The fourth-order valence-electron chi connectivity index (χ4n) is 5.77. The number of piperazine rings is 1. The molecule has 1 unspecified atom stereocenters. The Morgan fingerprint density at radius 1 is 1.03 bits per heavy atom. The first-order chi connectivity index (χ1) is 16.6. The van der Waals surface area contributed by atoms with E-state index < -0.39 is 18.7 Å². The molecule has 4 rings (SSSR count). The second-order valence-electron chi connectivity index (χ2n) is 10.5. The molecule has 8 heteroatoms. The van der Waals surface area contributed by atoms with Gasteiger partial charge in [0.25, 0.3) is 0 Å². The molecule has 2 aromatic rings. The minimum absolute atomic E-state index is 0.0717. The maximum absolute atomic E-state index is 14.1. The molecule has 0 radical (unpaired) electrons. The van der Waals surface area contributed by atoms with Crippen molar-refractivity contribution >= 4 is 18.7 Å². The number of piperidine rings is 1. The molecule has 3 atom stereocenters. The summed E-state index contributed by atoms with van der Waals surface area (Å²) in [7, 11) is 0. The topological polar surface area (TPSA) is 52.6 Å². The molecule has 0 amide bonds. The second-order valence-corrected chi connectivity index (χ2v) is 19.6. The van der Waals surface area contributed by atoms with Gasteiger partial charge in [-0.3, -0.25) is 0 Å². The third kappa shape index (κ3) is 5.66. The van der Waals surface area contributed by atoms with E-state index in [1.807, 2.05) is 18.8 Å². The summed E-state index contributed by atoms with van der Waals surface area (Å²) in [4.78, 5) is 18.6. The molecule has 0 spiro atoms. The maximum atomic E-state index is 14.1. The van der Waals surface area contributed by atoms with Crippen molar-refractivity contribution in [2.24, 2.45) is 0 Å². The molecule has 6 nitrogen and oxygen atoms in total. The van der Waals surface area contributed by atoms with Gasteiger partial charge < -0.3 is 0 Å². The van der Waals surface area contributed by atoms with E-state index >= 15 is 0 Å². The average molecular weight is 706 g/mol. The molecule has 0 N–H and O–H groups in total. The van der Waals surface area contributed by atoms with Crippen LogP contribution in [0.2, 0.25) is 0 Å². The van der Waals surface area contributed by atoms with Gasteiger partial charge in [0, 0.05) is 0 Å². The van der Waals surface area contributed by atoms with Crippen molar-refractivity contribution in [2.45, 2.75) is 63.1 Å². The van der Waals surface area contributed by atoms with Crippen LogP contribution in [-0.2, 0) is 3.07 Å². The summed E-state index contributed by atoms with van der Waals surface area (Å²) >= 11 is -3.47. The summed E-state index contributed by atoms with van der Waals surface area (Å²) < 4.78 is 17.9. The van der Waals surface area contributed by atoms with Crippen LogP contribution in [-0.4, -0.2) is 77.0 Å². The van der Waals surface area contributed by atoms with Crippen LogP contribution >= 0.6 is 18.7 Å². The molecule has 2 saturated heterocycles. The fraction of sp³-hybridized carbons (Fsp3) is 0.630. The van der Waals surface area contributed by atoms with E-state index in [1.165, 1.54) is 11.1 Å². The number of hydrogen-bond donors (Lipinski definition) is 0. The van der Waals surface area contributed by atoms with Gasteiger partial charge in [-0.25, -0.2) is 0 Å². The predicted octanol–water partition coefficient (Wildman–Crippen LogP) is 1.78. The van der Waals surface area contributed by atoms with E-state index in [1.54, 1.807) is 6.33 Å². The SMILES string of the molecule is C[I-][C@@H](c1ccc(C)cc1)N1CCN(C2(C)CCN(I(C)(=O)c3c(C)ncnc3C)CC2)C[C@@H]1C. The Bertz CT molecular complexity index is 1050. The average Bonchev–Trinajstić information content (AvgIpc) is 2.81. The monoisotopic (exact) mass is 706 g/mol. The normalized spacial score (nSPS) is 25.7. The zero-order valence-electron chi connectivity index (χ0n) is 22.4. The van der Waals surface area contributed by atoms with Crippen LogP contribution in [0.25, 0.3) is 0 Å². The number of rotatable bonds is 6. The molecule has 0 bridgehead atoms. The minimum atomic E-state index is -3.54. The first-order valence-corrected chi connectivity index (χ1v) is 21.1. The Labute approximate surface area is 226 Å². The third-order valence-electron chi connectivity index (χ3n) is 8.02. The summed E-state index contributed by atoms with van der Waals surface area (Å²) in [5.74, 6) is 0. The van der Waals surface area contributed by atoms with Crippen LogP contribution in [0.1, 0.15) is 53.3 Å². The Morgan fingerprint density at radius 2 is 1.63 bits per heavy atom. The molecule has 0 saturated carbocycles. The van der Waals surface area contributed by atoms with Gasteiger partial charge in [0.2, 0.25) is 0 Å². The zero-order valence-corrected chi connectivity index (χ0v) is 26.7. The van der Waals surface area contributed by atoms with Crippen molar-refractivity contribution in [1.82, 2.24) is 22.9 Å². The van der Waals surface area contributed by atoms with Crippen molar-refractivity contribution in [3.8, 4) is 0 Å². The second kappa shape index (κ2) is 11.0. The number of aryl methyl sites for hydroxylation is 3. The van der Waals surface area contributed by atoms with Crippen molar-refractivity contribution < 1.29 is 24.3 Å². The molecule has 2 fully saturated rings. The molecule has 3 heterocycles. The Morgan fingerprint density at radius 3 is 2.17 bits per heavy atom. The predicted molar refractivity (Wildman–Crippen MR) is 148 cm³/mol. The van der Waals surface area contributed by atoms with Gasteiger partial charge in [-0.05, 0) is 0 Å². The van der Waals surface area contributed by atoms with Crippen LogP contribution < -0.4 is 21.2 Å². The number of nitrogens with zero attached hydrogens (tertiary/aromatic N) is 5. The molecule has 196 valence electrons. The first kappa shape index (κ1) is 27.5. The van der Waals surface area contributed by atoms with Gasteiger partial charge in [0.05, 0.1) is 0 Å². The van der Waals surface area contributed by atoms with E-state index in [4.69, 9.17) is 0 Å². The van der Waals surface area contributed by atoms with Gasteiger partial charge in [-0.15, -0.1) is 0 Å². The van der Waals surface area contributed by atoms with Crippen LogP contribution in [0, 0.1) is 24.3 Å². The number of halogens is 2. The van der Waals surface area contributed by atoms with Crippen LogP contribution in [0.5, 0.6) is 0 Å². The Hall–Kier alpha value is -0.560. The summed E-state index contributed by atoms with van der Waals surface area (Å²) in [6.07, 6.45) is 3.72. The van der Waals surface area contributed by atoms with E-state index in [9.17, 15) is 3.07 Å². The van der Waals surface area contributed by atoms with Gasteiger partial charge >= 0.3 is 228 Å². The van der Waals surface area contributed by atoms with Gasteiger partial charge in [-0.1, -0.05) is 0 Å². The van der Waals surface area contributed by atoms with Gasteiger partial charge in [0.1, 0.15) is 0 Å². The molecule has 2 aliphatic heterocycles. The summed E-state index contributed by atoms with van der Waals surface area (Å²) in [5, 5.41) is 0. The van der Waals surface area contributed by atoms with Gasteiger partial charge in [0.15, 0.2) is 0 Å². The molecule has 1 aromatic carbocycles. The number of benzene rings is 1. The molecule has 0 aliphatic carbocycles. The third-order valence-corrected chi connectivity index (χ3v) is 17.8. The van der Waals surface area contributed by atoms with E-state index in [2.05, 4.69) is 72.8 Å². The van der Waals surface area contributed by atoms with Gasteiger partial charge in [-0.2, -0.15) is 0 Å². The standard InChI is InChI=1S/C27H42I2N5O/c1-20-8-10-24(11-9-20)26(28-6)34-17-16-32(18-21(34)2)27(5)12-14-33(15-13-27)29(7,35)25-22(3)30-19-31-23(25)4/h8-11,19,21,26H,12-18H2,1-7H3/q-1/t21-,26+/m0/s1. The summed E-state index contributed by atoms with van der Waals surface area (Å²) in [5.41, 5.74) is 4.76. The fourth-order valence-corrected chi connectivity index (χ4v) is 14.6. The van der Waals surface area contributed by atoms with Crippen molar-refractivity contribution in [2.75, 3.05) is 42.6 Å². The van der Waals surface area contributed by atoms with E-state index in [-0.39, 0.29) is 26.7 Å². The number of alkyl halides is 3. The molecular formula is C27H42I2N5O-. The zero-order chi connectivity index (χ0) is 25.4. The summed E-state index contributed by atoms with van der Waals surface area (Å²) in [6.45, 7) is 16.1. The van der Waals surface area contributed by atoms with E-state index in [0.717, 1.165) is 60.5 Å².